The van der Waals surface area contributed by atoms with Gasteiger partial charge in [-0.1, -0.05) is 6.07 Å². The standard InChI is InChI=1S/C19H18N6O3/c1-27-9-8-25-12-15(18(24-25)14-4-2-3-7-20-14)23-19(26)17-6-5-16(28-17)13-10-21-22-11-13/h2-7,10-12H,8-9H2,1H3,(H,21,22)(H,23,26). The third-order valence-corrected chi connectivity index (χ3v) is 4.05. The fraction of sp³-hybridized carbons (Fsp3) is 0.158. The van der Waals surface area contributed by atoms with Gasteiger partial charge < -0.3 is 14.5 Å². The molecule has 0 fully saturated rings. The van der Waals surface area contributed by atoms with Gasteiger partial charge in [-0.3, -0.25) is 19.6 Å². The van der Waals surface area contributed by atoms with E-state index in [1.165, 1.54) is 0 Å². The van der Waals surface area contributed by atoms with Crippen LogP contribution in [0.3, 0.4) is 0 Å². The highest BCUT2D eigenvalue weighted by Gasteiger charge is 2.18. The van der Waals surface area contributed by atoms with Gasteiger partial charge in [0.15, 0.2) is 5.76 Å². The topological polar surface area (TPSA) is 111 Å². The number of nitrogens with one attached hydrogen (secondary N) is 2. The third kappa shape index (κ3) is 3.69. The van der Waals surface area contributed by atoms with E-state index in [1.54, 1.807) is 48.7 Å². The second-order valence-electron chi connectivity index (χ2n) is 5.97. The average molecular weight is 378 g/mol. The Morgan fingerprint density at radius 2 is 2.25 bits per heavy atom. The molecule has 0 atom stereocenters. The summed E-state index contributed by atoms with van der Waals surface area (Å²) in [5.41, 5.74) is 2.54. The molecule has 0 aromatic carbocycles. The number of nitrogens with zero attached hydrogens (tertiary/aromatic N) is 4. The number of anilines is 1. The number of methoxy groups -OCH3 is 1. The lowest BCUT2D eigenvalue weighted by Gasteiger charge is -2.03. The Morgan fingerprint density at radius 1 is 1.32 bits per heavy atom. The van der Waals surface area contributed by atoms with Crippen LogP contribution >= 0.6 is 0 Å². The van der Waals surface area contributed by atoms with E-state index in [9.17, 15) is 4.79 Å². The second kappa shape index (κ2) is 7.89. The van der Waals surface area contributed by atoms with E-state index in [1.807, 2.05) is 18.2 Å². The predicted octanol–water partition coefficient (Wildman–Crippen LogP) is 2.83. The molecule has 0 radical (unpaired) electrons. The van der Waals surface area contributed by atoms with Gasteiger partial charge >= 0.3 is 0 Å². The van der Waals surface area contributed by atoms with Crippen LogP contribution in [0.5, 0.6) is 0 Å². The lowest BCUT2D eigenvalue weighted by Crippen LogP contribution is -2.11. The molecule has 9 heteroatoms. The molecule has 1 amide bonds. The van der Waals surface area contributed by atoms with Gasteiger partial charge in [-0.15, -0.1) is 0 Å². The van der Waals surface area contributed by atoms with Crippen molar-refractivity contribution in [2.75, 3.05) is 19.0 Å². The fourth-order valence-corrected chi connectivity index (χ4v) is 2.69. The second-order valence-corrected chi connectivity index (χ2v) is 5.97. The molecule has 0 aliphatic rings. The minimum atomic E-state index is -0.377. The van der Waals surface area contributed by atoms with Crippen LogP contribution in [0.25, 0.3) is 22.7 Å². The zero-order chi connectivity index (χ0) is 19.3. The molecule has 2 N–H and O–H groups in total. The number of hydrogen-bond acceptors (Lipinski definition) is 6. The highest BCUT2D eigenvalue weighted by Crippen LogP contribution is 2.26. The summed E-state index contributed by atoms with van der Waals surface area (Å²) in [5.74, 6) is 0.366. The summed E-state index contributed by atoms with van der Waals surface area (Å²) >= 11 is 0. The van der Waals surface area contributed by atoms with Crippen molar-refractivity contribution in [3.05, 3.63) is 60.9 Å². The molecular weight excluding hydrogens is 360 g/mol. The van der Waals surface area contributed by atoms with Crippen molar-refractivity contribution in [2.24, 2.45) is 0 Å². The number of rotatable bonds is 7. The summed E-state index contributed by atoms with van der Waals surface area (Å²) in [7, 11) is 1.63. The molecule has 4 aromatic rings. The van der Waals surface area contributed by atoms with Gasteiger partial charge in [-0.05, 0) is 24.3 Å². The van der Waals surface area contributed by atoms with Gasteiger partial charge in [0.2, 0.25) is 0 Å². The SMILES string of the molecule is COCCn1cc(NC(=O)c2ccc(-c3cn[nH]c3)o2)c(-c2ccccn2)n1. The van der Waals surface area contributed by atoms with E-state index in [0.717, 1.165) is 5.56 Å². The predicted molar refractivity (Wildman–Crippen MR) is 102 cm³/mol. The first kappa shape index (κ1) is 17.7. The molecule has 4 heterocycles. The number of hydrogen-bond donors (Lipinski definition) is 2. The number of carbonyl (C=O) groups is 1. The molecule has 0 aliphatic carbocycles. The molecule has 142 valence electrons. The van der Waals surface area contributed by atoms with Gasteiger partial charge in [-0.2, -0.15) is 10.2 Å². The molecular formula is C19H18N6O3. The van der Waals surface area contributed by atoms with E-state index in [0.29, 0.717) is 36.0 Å². The van der Waals surface area contributed by atoms with Gasteiger partial charge in [-0.25, -0.2) is 0 Å². The van der Waals surface area contributed by atoms with Crippen molar-refractivity contribution in [2.45, 2.75) is 6.54 Å². The van der Waals surface area contributed by atoms with Gasteiger partial charge in [0.25, 0.3) is 5.91 Å². The van der Waals surface area contributed by atoms with E-state index in [-0.39, 0.29) is 11.7 Å². The number of aromatic amines is 1. The van der Waals surface area contributed by atoms with E-state index in [4.69, 9.17) is 9.15 Å². The Bertz CT molecular complexity index is 1050. The highest BCUT2D eigenvalue weighted by molar-refractivity contribution is 6.04. The van der Waals surface area contributed by atoms with Gasteiger partial charge in [0.05, 0.1) is 36.3 Å². The Hall–Kier alpha value is -3.72. The number of pyridine rings is 1. The number of furan rings is 1. The van der Waals surface area contributed by atoms with Crippen LogP contribution < -0.4 is 5.32 Å². The highest BCUT2D eigenvalue weighted by atomic mass is 16.5. The first-order valence-corrected chi connectivity index (χ1v) is 8.62. The number of aromatic nitrogens is 5. The summed E-state index contributed by atoms with van der Waals surface area (Å²) in [6.45, 7) is 1.06. The maximum atomic E-state index is 12.7. The molecule has 0 unspecified atom stereocenters. The smallest absolute Gasteiger partial charge is 0.291 e. The van der Waals surface area contributed by atoms with Crippen molar-refractivity contribution in [3.63, 3.8) is 0 Å². The molecule has 0 saturated heterocycles. The average Bonchev–Trinajstić information content (AvgIpc) is 3.46. The Morgan fingerprint density at radius 3 is 3.00 bits per heavy atom. The van der Waals surface area contributed by atoms with Crippen LogP contribution in [-0.2, 0) is 11.3 Å². The minimum Gasteiger partial charge on any atom is -0.451 e. The monoisotopic (exact) mass is 378 g/mol. The molecule has 28 heavy (non-hydrogen) atoms. The first-order chi connectivity index (χ1) is 13.7. The molecule has 0 saturated carbocycles. The van der Waals surface area contributed by atoms with Crippen molar-refractivity contribution in [1.29, 1.82) is 0 Å². The molecule has 0 aliphatic heterocycles. The van der Waals surface area contributed by atoms with E-state index in [2.05, 4.69) is 25.6 Å². The van der Waals surface area contributed by atoms with Crippen LogP contribution in [-0.4, -0.2) is 44.6 Å². The van der Waals surface area contributed by atoms with Crippen molar-refractivity contribution in [3.8, 4) is 22.7 Å². The zero-order valence-corrected chi connectivity index (χ0v) is 15.1. The van der Waals surface area contributed by atoms with Crippen LogP contribution in [0.2, 0.25) is 0 Å². The van der Waals surface area contributed by atoms with Crippen molar-refractivity contribution < 1.29 is 13.9 Å². The Balaban J connectivity index is 1.59. The first-order valence-electron chi connectivity index (χ1n) is 8.62. The largest absolute Gasteiger partial charge is 0.451 e. The van der Waals surface area contributed by atoms with Crippen molar-refractivity contribution in [1.82, 2.24) is 25.0 Å². The Labute approximate surface area is 160 Å². The summed E-state index contributed by atoms with van der Waals surface area (Å²) in [6.07, 6.45) is 6.75. The fourth-order valence-electron chi connectivity index (χ4n) is 2.69. The summed E-state index contributed by atoms with van der Waals surface area (Å²) in [6, 6.07) is 8.87. The quantitative estimate of drug-likeness (QED) is 0.512. The van der Waals surface area contributed by atoms with Crippen molar-refractivity contribution >= 4 is 11.6 Å². The normalized spacial score (nSPS) is 10.9. The molecule has 4 aromatic heterocycles. The minimum absolute atomic E-state index is 0.188. The van der Waals surface area contributed by atoms with Gasteiger partial charge in [0, 0.05) is 25.7 Å². The van der Waals surface area contributed by atoms with Crippen LogP contribution in [0.15, 0.2) is 59.5 Å². The lowest BCUT2D eigenvalue weighted by molar-refractivity contribution is 0.0997. The van der Waals surface area contributed by atoms with Crippen LogP contribution in [0.4, 0.5) is 5.69 Å². The zero-order valence-electron chi connectivity index (χ0n) is 15.1. The summed E-state index contributed by atoms with van der Waals surface area (Å²) < 4.78 is 12.5. The third-order valence-electron chi connectivity index (χ3n) is 4.05. The van der Waals surface area contributed by atoms with E-state index < -0.39 is 0 Å². The lowest BCUT2D eigenvalue weighted by atomic mass is 10.2. The number of H-pyrrole nitrogens is 1. The van der Waals surface area contributed by atoms with Crippen LogP contribution in [0, 0.1) is 0 Å². The summed E-state index contributed by atoms with van der Waals surface area (Å²) in [4.78, 5) is 17.0. The maximum Gasteiger partial charge on any atom is 0.291 e. The number of ether oxygens (including phenoxy) is 1. The molecule has 0 spiro atoms. The summed E-state index contributed by atoms with van der Waals surface area (Å²) in [5, 5.41) is 14.0. The molecule has 4 rings (SSSR count). The van der Waals surface area contributed by atoms with Gasteiger partial charge in [0.1, 0.15) is 11.5 Å². The Kier molecular flexibility index (Phi) is 4.98. The number of carbonyl (C=O) groups excluding carboxylic acids is 1. The number of amides is 1. The van der Waals surface area contributed by atoms with E-state index >= 15 is 0 Å². The molecule has 9 nitrogen and oxygen atoms in total. The maximum absolute atomic E-state index is 12.7. The van der Waals surface area contributed by atoms with Crippen LogP contribution in [0.1, 0.15) is 10.6 Å². The molecule has 0 bridgehead atoms.